The molecule has 0 N–H and O–H groups in total. The number of likely N-dealkylation sites (N-methyl/N-ethyl adjacent to an activating group) is 1. The lowest BCUT2D eigenvalue weighted by Gasteiger charge is -2.34. The highest BCUT2D eigenvalue weighted by molar-refractivity contribution is 5.95. The Morgan fingerprint density at radius 3 is 2.62 bits per heavy atom. The number of nitrogens with zero attached hydrogens (tertiary/aromatic N) is 4. The van der Waals surface area contributed by atoms with Crippen molar-refractivity contribution in [1.82, 2.24) is 14.9 Å². The summed E-state index contributed by atoms with van der Waals surface area (Å²) in [6, 6.07) is 0. The van der Waals surface area contributed by atoms with E-state index in [1.165, 1.54) is 44.1 Å². The van der Waals surface area contributed by atoms with Gasteiger partial charge in [-0.1, -0.05) is 19.3 Å². The maximum atomic E-state index is 12.7. The minimum absolute atomic E-state index is 0.257. The molecule has 2 fully saturated rings. The van der Waals surface area contributed by atoms with Crippen LogP contribution in [-0.2, 0) is 11.2 Å². The molecular weight excluding hydrogens is 324 g/mol. The molecule has 4 rings (SSSR count). The van der Waals surface area contributed by atoms with E-state index in [9.17, 15) is 4.79 Å². The van der Waals surface area contributed by atoms with E-state index in [0.717, 1.165) is 49.8 Å². The van der Waals surface area contributed by atoms with E-state index < -0.39 is 0 Å². The van der Waals surface area contributed by atoms with E-state index >= 15 is 0 Å². The Labute approximate surface area is 157 Å². The van der Waals surface area contributed by atoms with Crippen molar-refractivity contribution < 1.29 is 4.79 Å². The fourth-order valence-corrected chi connectivity index (χ4v) is 4.98. The molecule has 3 heterocycles. The third-order valence-corrected chi connectivity index (χ3v) is 6.51. The number of carbonyl (C=O) groups excluding carboxylic acids is 1. The molecule has 2 aliphatic heterocycles. The largest absolute Gasteiger partial charge is 0.306 e. The summed E-state index contributed by atoms with van der Waals surface area (Å²) in [4.78, 5) is 27.0. The summed E-state index contributed by atoms with van der Waals surface area (Å²) in [5.41, 5.74) is 2.28. The van der Waals surface area contributed by atoms with Crippen LogP contribution in [0.5, 0.6) is 0 Å². The van der Waals surface area contributed by atoms with Gasteiger partial charge in [-0.15, -0.1) is 0 Å². The van der Waals surface area contributed by atoms with Gasteiger partial charge in [0.1, 0.15) is 11.6 Å². The van der Waals surface area contributed by atoms with Crippen LogP contribution in [0.2, 0.25) is 0 Å². The zero-order chi connectivity index (χ0) is 18.1. The van der Waals surface area contributed by atoms with Gasteiger partial charge < -0.3 is 4.90 Å². The van der Waals surface area contributed by atoms with Crippen molar-refractivity contribution in [3.8, 4) is 0 Å². The van der Waals surface area contributed by atoms with Crippen molar-refractivity contribution in [2.45, 2.75) is 70.6 Å². The molecule has 1 aromatic heterocycles. The summed E-state index contributed by atoms with van der Waals surface area (Å²) in [6.45, 7) is 5.14. The molecule has 142 valence electrons. The lowest BCUT2D eigenvalue weighted by Crippen LogP contribution is -2.41. The molecule has 1 aromatic rings. The molecule has 0 spiro atoms. The number of aryl methyl sites for hydroxylation is 1. The van der Waals surface area contributed by atoms with Crippen LogP contribution in [0.25, 0.3) is 0 Å². The Morgan fingerprint density at radius 2 is 1.85 bits per heavy atom. The van der Waals surface area contributed by atoms with Crippen LogP contribution >= 0.6 is 0 Å². The van der Waals surface area contributed by atoms with Gasteiger partial charge in [-0.2, -0.15) is 0 Å². The topological polar surface area (TPSA) is 49.3 Å². The highest BCUT2D eigenvalue weighted by Gasteiger charge is 2.32. The second kappa shape index (κ2) is 7.63. The van der Waals surface area contributed by atoms with Crippen molar-refractivity contribution in [2.24, 2.45) is 5.92 Å². The molecule has 5 nitrogen and oxygen atoms in total. The Bertz CT molecular complexity index is 668. The van der Waals surface area contributed by atoms with Gasteiger partial charge in [-0.05, 0) is 58.5 Å². The summed E-state index contributed by atoms with van der Waals surface area (Å²) in [6.07, 6.45) is 10.2. The third kappa shape index (κ3) is 3.64. The lowest BCUT2D eigenvalue weighted by molar-refractivity contribution is -0.119. The van der Waals surface area contributed by atoms with Crippen LogP contribution in [0.15, 0.2) is 0 Å². The van der Waals surface area contributed by atoms with Gasteiger partial charge in [-0.25, -0.2) is 9.97 Å². The standard InChI is InChI=1S/C21H32N4O/c1-15-18-10-11-19(26)25(13-16-7-4-3-5-8-16)21(18)23-20(22-15)17-9-6-12-24(2)14-17/h16-17H,3-14H2,1-2H3. The minimum Gasteiger partial charge on any atom is -0.306 e. The van der Waals surface area contributed by atoms with E-state index in [-0.39, 0.29) is 5.91 Å². The zero-order valence-corrected chi connectivity index (χ0v) is 16.3. The van der Waals surface area contributed by atoms with E-state index in [1.807, 2.05) is 4.90 Å². The summed E-state index contributed by atoms with van der Waals surface area (Å²) in [7, 11) is 2.18. The van der Waals surface area contributed by atoms with Crippen molar-refractivity contribution in [1.29, 1.82) is 0 Å². The molecular formula is C21H32N4O. The van der Waals surface area contributed by atoms with Crippen molar-refractivity contribution in [2.75, 3.05) is 31.6 Å². The van der Waals surface area contributed by atoms with Gasteiger partial charge in [0.2, 0.25) is 5.91 Å². The molecule has 1 aliphatic carbocycles. The van der Waals surface area contributed by atoms with Crippen molar-refractivity contribution in [3.05, 3.63) is 17.1 Å². The first-order valence-electron chi connectivity index (χ1n) is 10.5. The monoisotopic (exact) mass is 356 g/mol. The molecule has 5 heteroatoms. The molecule has 1 unspecified atom stereocenters. The van der Waals surface area contributed by atoms with E-state index in [2.05, 4.69) is 18.9 Å². The number of amides is 1. The van der Waals surface area contributed by atoms with Gasteiger partial charge in [0.25, 0.3) is 0 Å². The van der Waals surface area contributed by atoms with Crippen molar-refractivity contribution >= 4 is 11.7 Å². The van der Waals surface area contributed by atoms with E-state index in [0.29, 0.717) is 18.3 Å². The van der Waals surface area contributed by atoms with Crippen LogP contribution in [0, 0.1) is 12.8 Å². The van der Waals surface area contributed by atoms with E-state index in [1.54, 1.807) is 0 Å². The molecule has 1 saturated heterocycles. The minimum atomic E-state index is 0.257. The fraction of sp³-hybridized carbons (Fsp3) is 0.762. The predicted molar refractivity (Wildman–Crippen MR) is 103 cm³/mol. The molecule has 0 radical (unpaired) electrons. The average molecular weight is 357 g/mol. The Kier molecular flexibility index (Phi) is 5.25. The van der Waals surface area contributed by atoms with Gasteiger partial charge >= 0.3 is 0 Å². The van der Waals surface area contributed by atoms with Crippen molar-refractivity contribution in [3.63, 3.8) is 0 Å². The number of rotatable bonds is 3. The predicted octanol–water partition coefficient (Wildman–Crippen LogP) is 3.45. The Balaban J connectivity index is 1.63. The molecule has 1 atom stereocenters. The first kappa shape index (κ1) is 17.9. The quantitative estimate of drug-likeness (QED) is 0.832. The maximum Gasteiger partial charge on any atom is 0.228 e. The number of anilines is 1. The fourth-order valence-electron chi connectivity index (χ4n) is 4.98. The number of aromatic nitrogens is 2. The summed E-state index contributed by atoms with van der Waals surface area (Å²) in [5, 5.41) is 0. The first-order chi connectivity index (χ1) is 12.6. The summed E-state index contributed by atoms with van der Waals surface area (Å²) >= 11 is 0. The number of hydrogen-bond acceptors (Lipinski definition) is 4. The highest BCUT2D eigenvalue weighted by Crippen LogP contribution is 2.34. The third-order valence-electron chi connectivity index (χ3n) is 6.51. The van der Waals surface area contributed by atoms with Crippen LogP contribution < -0.4 is 4.90 Å². The van der Waals surface area contributed by atoms with Crippen LogP contribution in [0.4, 0.5) is 5.82 Å². The smallest absolute Gasteiger partial charge is 0.228 e. The van der Waals surface area contributed by atoms with Gasteiger partial charge in [0, 0.05) is 36.7 Å². The maximum absolute atomic E-state index is 12.7. The molecule has 3 aliphatic rings. The van der Waals surface area contributed by atoms with Crippen LogP contribution in [0.3, 0.4) is 0 Å². The Hall–Kier alpha value is -1.49. The highest BCUT2D eigenvalue weighted by atomic mass is 16.2. The summed E-state index contributed by atoms with van der Waals surface area (Å²) in [5.74, 6) is 3.18. The van der Waals surface area contributed by atoms with Crippen LogP contribution in [-0.4, -0.2) is 47.5 Å². The molecule has 1 amide bonds. The lowest BCUT2D eigenvalue weighted by atomic mass is 9.88. The van der Waals surface area contributed by atoms with Gasteiger partial charge in [0.15, 0.2) is 0 Å². The van der Waals surface area contributed by atoms with E-state index in [4.69, 9.17) is 9.97 Å². The Morgan fingerprint density at radius 1 is 1.04 bits per heavy atom. The first-order valence-corrected chi connectivity index (χ1v) is 10.5. The number of hydrogen-bond donors (Lipinski definition) is 0. The zero-order valence-electron chi connectivity index (χ0n) is 16.3. The average Bonchev–Trinajstić information content (AvgIpc) is 2.65. The molecule has 1 saturated carbocycles. The van der Waals surface area contributed by atoms with Gasteiger partial charge in [0.05, 0.1) is 0 Å². The molecule has 0 bridgehead atoms. The second-order valence-corrected chi connectivity index (χ2v) is 8.58. The summed E-state index contributed by atoms with van der Waals surface area (Å²) < 4.78 is 0. The normalized spacial score (nSPS) is 25.4. The number of likely N-dealkylation sites (tertiary alicyclic amines) is 1. The number of fused-ring (bicyclic) bond motifs is 1. The molecule has 26 heavy (non-hydrogen) atoms. The van der Waals surface area contributed by atoms with Gasteiger partial charge in [-0.3, -0.25) is 9.69 Å². The van der Waals surface area contributed by atoms with Crippen LogP contribution in [0.1, 0.15) is 74.4 Å². The number of carbonyl (C=O) groups is 1. The molecule has 0 aromatic carbocycles. The number of piperidine rings is 1. The SMILES string of the molecule is Cc1nc(C2CCCN(C)C2)nc2c1CCC(=O)N2CC1CCCCC1. The second-order valence-electron chi connectivity index (χ2n) is 8.58.